The fourth-order valence-electron chi connectivity index (χ4n) is 1.37. The minimum atomic E-state index is 0.380. The molecule has 2 nitrogen and oxygen atoms in total. The van der Waals surface area contributed by atoms with Crippen LogP contribution < -0.4 is 0 Å². The van der Waals surface area contributed by atoms with Gasteiger partial charge in [-0.2, -0.15) is 5.26 Å². The number of pyridine rings is 1. The lowest BCUT2D eigenvalue weighted by Crippen LogP contribution is -1.99. The van der Waals surface area contributed by atoms with Crippen molar-refractivity contribution < 1.29 is 0 Å². The van der Waals surface area contributed by atoms with E-state index in [-0.39, 0.29) is 0 Å². The largest absolute Gasteiger partial charge is 0.260 e. The molecule has 0 N–H and O–H groups in total. The van der Waals surface area contributed by atoms with Crippen LogP contribution in [0.1, 0.15) is 56.4 Å². The van der Waals surface area contributed by atoms with E-state index in [9.17, 15) is 0 Å². The molecule has 1 rings (SSSR count). The number of rotatable bonds is 2. The van der Waals surface area contributed by atoms with Gasteiger partial charge < -0.3 is 0 Å². The van der Waals surface area contributed by atoms with E-state index in [4.69, 9.17) is 5.26 Å². The molecule has 2 heteroatoms. The van der Waals surface area contributed by atoms with Crippen LogP contribution in [0.5, 0.6) is 0 Å². The zero-order valence-electron chi connectivity index (χ0n) is 9.20. The molecule has 1 aromatic heterocycles. The van der Waals surface area contributed by atoms with Crippen LogP contribution in [0, 0.1) is 11.3 Å². The summed E-state index contributed by atoms with van der Waals surface area (Å²) in [5.41, 5.74) is 2.86. The Balaban J connectivity index is 3.23. The van der Waals surface area contributed by atoms with Crippen LogP contribution in [0.25, 0.3) is 0 Å². The Morgan fingerprint density at radius 1 is 1.21 bits per heavy atom. The summed E-state index contributed by atoms with van der Waals surface area (Å²) in [5, 5.41) is 8.91. The minimum absolute atomic E-state index is 0.380. The van der Waals surface area contributed by atoms with Crippen LogP contribution >= 0.6 is 0 Å². The van der Waals surface area contributed by atoms with E-state index < -0.39 is 0 Å². The van der Waals surface area contributed by atoms with Gasteiger partial charge in [0.15, 0.2) is 0 Å². The molecular weight excluding hydrogens is 172 g/mol. The van der Waals surface area contributed by atoms with Crippen molar-refractivity contribution in [3.63, 3.8) is 0 Å². The quantitative estimate of drug-likeness (QED) is 0.714. The van der Waals surface area contributed by atoms with Gasteiger partial charge in [-0.05, 0) is 23.5 Å². The summed E-state index contributed by atoms with van der Waals surface area (Å²) in [7, 11) is 0. The average Bonchev–Trinajstić information content (AvgIpc) is 2.16. The van der Waals surface area contributed by atoms with Gasteiger partial charge >= 0.3 is 0 Å². The Labute approximate surface area is 85.6 Å². The first kappa shape index (κ1) is 10.7. The number of nitriles is 1. The summed E-state index contributed by atoms with van der Waals surface area (Å²) >= 11 is 0. The van der Waals surface area contributed by atoms with Crippen molar-refractivity contribution in [1.29, 1.82) is 5.26 Å². The molecule has 1 aromatic rings. The lowest BCUT2D eigenvalue weighted by atomic mass is 9.96. The molecule has 0 amide bonds. The van der Waals surface area contributed by atoms with Gasteiger partial charge in [0.25, 0.3) is 0 Å². The second kappa shape index (κ2) is 4.23. The Morgan fingerprint density at radius 2 is 1.86 bits per heavy atom. The predicted octanol–water partition coefficient (Wildman–Crippen LogP) is 3.20. The molecule has 0 saturated heterocycles. The normalized spacial score (nSPS) is 10.6. The smallest absolute Gasteiger partial charge is 0.101 e. The molecule has 0 aliphatic heterocycles. The summed E-state index contributed by atoms with van der Waals surface area (Å²) in [4.78, 5) is 4.27. The molecule has 0 fully saturated rings. The fraction of sp³-hybridized carbons (Fsp3) is 0.500. The van der Waals surface area contributed by atoms with Gasteiger partial charge in [0.1, 0.15) is 6.07 Å². The van der Waals surface area contributed by atoms with Crippen molar-refractivity contribution in [2.45, 2.75) is 39.5 Å². The summed E-state index contributed by atoms with van der Waals surface area (Å²) in [5.74, 6) is 0.797. The maximum Gasteiger partial charge on any atom is 0.101 e. The Morgan fingerprint density at radius 3 is 2.29 bits per heavy atom. The summed E-state index contributed by atoms with van der Waals surface area (Å²) in [6, 6.07) is 4.23. The number of nitrogens with zero attached hydrogens (tertiary/aromatic N) is 2. The van der Waals surface area contributed by atoms with Crippen molar-refractivity contribution in [2.24, 2.45) is 0 Å². The van der Waals surface area contributed by atoms with Gasteiger partial charge in [-0.3, -0.25) is 4.98 Å². The van der Waals surface area contributed by atoms with Gasteiger partial charge in [-0.25, -0.2) is 0 Å². The molecule has 0 atom stereocenters. The van der Waals surface area contributed by atoms with E-state index in [1.807, 2.05) is 6.07 Å². The Kier molecular flexibility index (Phi) is 3.24. The first-order valence-corrected chi connectivity index (χ1v) is 4.96. The molecule has 0 aliphatic carbocycles. The standard InChI is InChI=1S/C12H16N2/c1-8(2)11-5-12(9(3)4)14-7-10(11)6-13/h5,7-9H,1-4H3. The second-order valence-corrected chi connectivity index (χ2v) is 4.12. The van der Waals surface area contributed by atoms with Crippen LogP contribution in [0.15, 0.2) is 12.3 Å². The van der Waals surface area contributed by atoms with E-state index in [0.717, 1.165) is 11.3 Å². The first-order chi connectivity index (χ1) is 6.56. The monoisotopic (exact) mass is 188 g/mol. The highest BCUT2D eigenvalue weighted by Gasteiger charge is 2.09. The van der Waals surface area contributed by atoms with Crippen LogP contribution in [-0.2, 0) is 0 Å². The molecule has 0 aromatic carbocycles. The number of hydrogen-bond donors (Lipinski definition) is 0. The van der Waals surface area contributed by atoms with Crippen molar-refractivity contribution in [3.05, 3.63) is 29.1 Å². The summed E-state index contributed by atoms with van der Waals surface area (Å²) in [6.07, 6.45) is 1.69. The van der Waals surface area contributed by atoms with Gasteiger partial charge in [-0.1, -0.05) is 27.7 Å². The van der Waals surface area contributed by atoms with Crippen LogP contribution in [-0.4, -0.2) is 4.98 Å². The topological polar surface area (TPSA) is 36.7 Å². The average molecular weight is 188 g/mol. The molecule has 74 valence electrons. The number of hydrogen-bond acceptors (Lipinski definition) is 2. The Hall–Kier alpha value is -1.36. The zero-order chi connectivity index (χ0) is 10.7. The van der Waals surface area contributed by atoms with E-state index in [0.29, 0.717) is 17.4 Å². The minimum Gasteiger partial charge on any atom is -0.260 e. The predicted molar refractivity (Wildman–Crippen MR) is 57.1 cm³/mol. The van der Waals surface area contributed by atoms with Crippen molar-refractivity contribution in [2.75, 3.05) is 0 Å². The first-order valence-electron chi connectivity index (χ1n) is 4.96. The number of aromatic nitrogens is 1. The van der Waals surface area contributed by atoms with Crippen LogP contribution in [0.2, 0.25) is 0 Å². The molecule has 0 saturated carbocycles. The van der Waals surface area contributed by atoms with Crippen molar-refractivity contribution >= 4 is 0 Å². The Bertz CT molecular complexity index is 359. The highest BCUT2D eigenvalue weighted by atomic mass is 14.7. The van der Waals surface area contributed by atoms with E-state index in [1.54, 1.807) is 6.20 Å². The lowest BCUT2D eigenvalue weighted by molar-refractivity contribution is 0.797. The summed E-state index contributed by atoms with van der Waals surface area (Å²) < 4.78 is 0. The van der Waals surface area contributed by atoms with E-state index in [1.165, 1.54) is 0 Å². The second-order valence-electron chi connectivity index (χ2n) is 4.12. The zero-order valence-corrected chi connectivity index (χ0v) is 9.20. The maximum absolute atomic E-state index is 8.91. The molecule has 0 unspecified atom stereocenters. The third kappa shape index (κ3) is 2.11. The van der Waals surface area contributed by atoms with Crippen LogP contribution in [0.3, 0.4) is 0 Å². The lowest BCUT2D eigenvalue weighted by Gasteiger charge is -2.11. The summed E-state index contributed by atoms with van der Waals surface area (Å²) in [6.45, 7) is 8.41. The van der Waals surface area contributed by atoms with Crippen LogP contribution in [0.4, 0.5) is 0 Å². The maximum atomic E-state index is 8.91. The van der Waals surface area contributed by atoms with Crippen molar-refractivity contribution in [1.82, 2.24) is 4.98 Å². The van der Waals surface area contributed by atoms with Gasteiger partial charge in [0.05, 0.1) is 5.56 Å². The highest BCUT2D eigenvalue weighted by molar-refractivity contribution is 5.39. The van der Waals surface area contributed by atoms with Crippen molar-refractivity contribution in [3.8, 4) is 6.07 Å². The molecule has 0 spiro atoms. The van der Waals surface area contributed by atoms with E-state index >= 15 is 0 Å². The third-order valence-electron chi connectivity index (χ3n) is 2.29. The molecule has 14 heavy (non-hydrogen) atoms. The molecule has 1 heterocycles. The van der Waals surface area contributed by atoms with Gasteiger partial charge in [0, 0.05) is 11.9 Å². The molecule has 0 radical (unpaired) electrons. The third-order valence-corrected chi connectivity index (χ3v) is 2.29. The molecule has 0 bridgehead atoms. The SMILES string of the molecule is CC(C)c1cc(C(C)C)c(C#N)cn1. The molecular formula is C12H16N2. The highest BCUT2D eigenvalue weighted by Crippen LogP contribution is 2.22. The fourth-order valence-corrected chi connectivity index (χ4v) is 1.37. The van der Waals surface area contributed by atoms with E-state index in [2.05, 4.69) is 38.7 Å². The van der Waals surface area contributed by atoms with Gasteiger partial charge in [-0.15, -0.1) is 0 Å². The molecule has 0 aliphatic rings. The van der Waals surface area contributed by atoms with Gasteiger partial charge in [0.2, 0.25) is 0 Å².